The Labute approximate surface area is 225 Å². The molecule has 0 saturated carbocycles. The molecule has 0 spiro atoms. The van der Waals surface area contributed by atoms with Crippen LogP contribution in [0.2, 0.25) is 0 Å². The third-order valence-electron chi connectivity index (χ3n) is 7.13. The average Bonchev–Trinajstić information content (AvgIpc) is 3.60. The molecule has 1 saturated heterocycles. The van der Waals surface area contributed by atoms with Crippen LogP contribution in [0.3, 0.4) is 0 Å². The Morgan fingerprint density at radius 3 is 2.53 bits per heavy atom. The maximum Gasteiger partial charge on any atom is 0.309 e. The van der Waals surface area contributed by atoms with Gasteiger partial charge in [0.05, 0.1) is 11.7 Å². The third kappa shape index (κ3) is 5.74. The van der Waals surface area contributed by atoms with Gasteiger partial charge >= 0.3 is 11.8 Å². The Morgan fingerprint density at radius 2 is 1.76 bits per heavy atom. The number of H-pyrrole nitrogens is 1. The number of amides is 2. The van der Waals surface area contributed by atoms with Gasteiger partial charge in [0.1, 0.15) is 5.82 Å². The van der Waals surface area contributed by atoms with Crippen LogP contribution in [0.5, 0.6) is 0 Å². The molecule has 7 nitrogen and oxygen atoms in total. The van der Waals surface area contributed by atoms with E-state index < -0.39 is 11.8 Å². The molecule has 2 amide bonds. The standard InChI is InChI=1S/C29H32FN5O2S/c1-20(33-29(37)28(36)31-13-12-21-19-32-24-9-4-2-7-22(21)24)27(26-11-6-18-38-26)35-16-14-34(15-17-35)25-10-5-3-8-23(25)30/h2-11,18-20,27,32H,12-17H2,1H3,(H,31,36)(H,33,37)/t20-,27-/m1/s1. The molecule has 1 aliphatic rings. The van der Waals surface area contributed by atoms with Gasteiger partial charge in [-0.2, -0.15) is 0 Å². The molecule has 4 aromatic rings. The van der Waals surface area contributed by atoms with Gasteiger partial charge in [-0.25, -0.2) is 4.39 Å². The molecule has 2 aromatic carbocycles. The second-order valence-corrected chi connectivity index (χ2v) is 10.5. The Bertz CT molecular complexity index is 1380. The number of halogens is 1. The number of para-hydroxylation sites is 2. The number of nitrogens with one attached hydrogen (secondary N) is 3. The van der Waals surface area contributed by atoms with Crippen molar-refractivity contribution in [3.8, 4) is 0 Å². The zero-order chi connectivity index (χ0) is 26.5. The quantitative estimate of drug-likeness (QED) is 0.298. The summed E-state index contributed by atoms with van der Waals surface area (Å²) >= 11 is 1.63. The van der Waals surface area contributed by atoms with Crippen LogP contribution in [0, 0.1) is 5.82 Å². The molecule has 0 aliphatic carbocycles. The lowest BCUT2D eigenvalue weighted by Gasteiger charge is -2.42. The molecule has 5 rings (SSSR count). The highest BCUT2D eigenvalue weighted by molar-refractivity contribution is 7.10. The molecule has 9 heteroatoms. The number of carbonyl (C=O) groups is 2. The zero-order valence-electron chi connectivity index (χ0n) is 21.3. The number of hydrogen-bond donors (Lipinski definition) is 3. The van der Waals surface area contributed by atoms with E-state index in [0.717, 1.165) is 21.3 Å². The first-order chi connectivity index (χ1) is 18.5. The summed E-state index contributed by atoms with van der Waals surface area (Å²) in [5, 5.41) is 8.82. The maximum absolute atomic E-state index is 14.3. The number of anilines is 1. The number of benzene rings is 2. The van der Waals surface area contributed by atoms with Gasteiger partial charge in [-0.1, -0.05) is 36.4 Å². The highest BCUT2D eigenvalue weighted by atomic mass is 32.1. The van der Waals surface area contributed by atoms with Crippen LogP contribution in [0.15, 0.2) is 72.2 Å². The number of nitrogens with zero attached hydrogens (tertiary/aromatic N) is 2. The predicted molar refractivity (Wildman–Crippen MR) is 150 cm³/mol. The van der Waals surface area contributed by atoms with E-state index in [4.69, 9.17) is 0 Å². The second-order valence-electron chi connectivity index (χ2n) is 9.56. The van der Waals surface area contributed by atoms with Crippen LogP contribution in [-0.4, -0.2) is 60.5 Å². The van der Waals surface area contributed by atoms with E-state index in [1.165, 1.54) is 6.07 Å². The van der Waals surface area contributed by atoms with E-state index in [2.05, 4.69) is 31.5 Å². The van der Waals surface area contributed by atoms with Crippen molar-refractivity contribution >= 4 is 39.7 Å². The van der Waals surface area contributed by atoms with Gasteiger partial charge in [0, 0.05) is 60.7 Å². The topological polar surface area (TPSA) is 80.5 Å². The summed E-state index contributed by atoms with van der Waals surface area (Å²) in [4.78, 5) is 34.1. The number of hydrogen-bond acceptors (Lipinski definition) is 5. The Kier molecular flexibility index (Phi) is 8.05. The number of carbonyl (C=O) groups excluding carboxylic acids is 2. The van der Waals surface area contributed by atoms with Crippen molar-refractivity contribution in [1.29, 1.82) is 0 Å². The largest absolute Gasteiger partial charge is 0.367 e. The molecule has 1 aliphatic heterocycles. The van der Waals surface area contributed by atoms with Gasteiger partial charge in [0.25, 0.3) is 0 Å². The molecular formula is C29H32FN5O2S. The fourth-order valence-corrected chi connectivity index (χ4v) is 6.20. The van der Waals surface area contributed by atoms with Gasteiger partial charge in [-0.15, -0.1) is 11.3 Å². The Morgan fingerprint density at radius 1 is 1.00 bits per heavy atom. The van der Waals surface area contributed by atoms with Crippen molar-refractivity contribution < 1.29 is 14.0 Å². The summed E-state index contributed by atoms with van der Waals surface area (Å²) in [6.07, 6.45) is 2.57. The predicted octanol–water partition coefficient (Wildman–Crippen LogP) is 4.10. The van der Waals surface area contributed by atoms with Crippen LogP contribution in [0.25, 0.3) is 10.9 Å². The summed E-state index contributed by atoms with van der Waals surface area (Å²) in [6, 6.07) is 18.5. The molecule has 38 heavy (non-hydrogen) atoms. The van der Waals surface area contributed by atoms with Crippen molar-refractivity contribution in [3.63, 3.8) is 0 Å². The molecular weight excluding hydrogens is 501 g/mol. The molecule has 0 bridgehead atoms. The number of fused-ring (bicyclic) bond motifs is 1. The maximum atomic E-state index is 14.3. The van der Waals surface area contributed by atoms with Crippen molar-refractivity contribution in [2.75, 3.05) is 37.6 Å². The molecule has 2 aromatic heterocycles. The molecule has 2 atom stereocenters. The van der Waals surface area contributed by atoms with E-state index in [9.17, 15) is 14.0 Å². The molecule has 3 heterocycles. The van der Waals surface area contributed by atoms with Gasteiger partial charge < -0.3 is 20.5 Å². The smallest absolute Gasteiger partial charge is 0.309 e. The molecule has 198 valence electrons. The molecule has 0 unspecified atom stereocenters. The minimum Gasteiger partial charge on any atom is -0.367 e. The molecule has 0 radical (unpaired) electrons. The summed E-state index contributed by atoms with van der Waals surface area (Å²) < 4.78 is 14.3. The number of thiophene rings is 1. The van der Waals surface area contributed by atoms with E-state index >= 15 is 0 Å². The lowest BCUT2D eigenvalue weighted by atomic mass is 10.0. The number of rotatable bonds is 8. The van der Waals surface area contributed by atoms with Crippen molar-refractivity contribution in [2.45, 2.75) is 25.4 Å². The minimum absolute atomic E-state index is 0.0826. The average molecular weight is 534 g/mol. The van der Waals surface area contributed by atoms with Crippen LogP contribution in [0.1, 0.15) is 23.4 Å². The van der Waals surface area contributed by atoms with E-state index in [1.54, 1.807) is 17.4 Å². The van der Waals surface area contributed by atoms with Crippen molar-refractivity contribution in [3.05, 3.63) is 88.5 Å². The first-order valence-electron chi connectivity index (χ1n) is 12.9. The van der Waals surface area contributed by atoms with Gasteiger partial charge in [-0.3, -0.25) is 14.5 Å². The number of aromatic nitrogens is 1. The van der Waals surface area contributed by atoms with Crippen LogP contribution in [-0.2, 0) is 16.0 Å². The number of aromatic amines is 1. The Hall–Kier alpha value is -3.69. The summed E-state index contributed by atoms with van der Waals surface area (Å²) in [5.74, 6) is -1.49. The Balaban J connectivity index is 1.17. The summed E-state index contributed by atoms with van der Waals surface area (Å²) in [6.45, 7) is 5.09. The number of piperazine rings is 1. The minimum atomic E-state index is -0.636. The van der Waals surface area contributed by atoms with E-state index in [0.29, 0.717) is 44.8 Å². The summed E-state index contributed by atoms with van der Waals surface area (Å²) in [7, 11) is 0. The van der Waals surface area contributed by atoms with Crippen LogP contribution in [0.4, 0.5) is 10.1 Å². The van der Waals surface area contributed by atoms with Crippen molar-refractivity contribution in [1.82, 2.24) is 20.5 Å². The van der Waals surface area contributed by atoms with Gasteiger partial charge in [0.15, 0.2) is 0 Å². The first kappa shape index (κ1) is 25.9. The third-order valence-corrected chi connectivity index (χ3v) is 8.07. The van der Waals surface area contributed by atoms with Gasteiger partial charge in [-0.05, 0) is 48.6 Å². The van der Waals surface area contributed by atoms with Crippen LogP contribution >= 0.6 is 11.3 Å². The fourth-order valence-electron chi connectivity index (χ4n) is 5.23. The van der Waals surface area contributed by atoms with Gasteiger partial charge in [0.2, 0.25) is 0 Å². The lowest BCUT2D eigenvalue weighted by Crippen LogP contribution is -2.54. The van der Waals surface area contributed by atoms with E-state index in [-0.39, 0.29) is 17.9 Å². The highest BCUT2D eigenvalue weighted by Crippen LogP contribution is 2.30. The van der Waals surface area contributed by atoms with Crippen LogP contribution < -0.4 is 15.5 Å². The fraction of sp³-hybridized carbons (Fsp3) is 0.310. The molecule has 1 fully saturated rings. The van der Waals surface area contributed by atoms with Crippen molar-refractivity contribution in [2.24, 2.45) is 0 Å². The first-order valence-corrected chi connectivity index (χ1v) is 13.8. The highest BCUT2D eigenvalue weighted by Gasteiger charge is 2.32. The second kappa shape index (κ2) is 11.8. The SMILES string of the molecule is C[C@@H](NC(=O)C(=O)NCCc1c[nH]c2ccccc12)[C@H](c1cccs1)N1CCN(c2ccccc2F)CC1. The monoisotopic (exact) mass is 533 g/mol. The molecule has 3 N–H and O–H groups in total. The van der Waals surface area contributed by atoms with E-state index in [1.807, 2.05) is 61.0 Å². The zero-order valence-corrected chi connectivity index (χ0v) is 22.1. The summed E-state index contributed by atoms with van der Waals surface area (Å²) in [5.41, 5.74) is 2.77. The lowest BCUT2D eigenvalue weighted by molar-refractivity contribution is -0.139. The normalized spacial score (nSPS) is 15.8.